The summed E-state index contributed by atoms with van der Waals surface area (Å²) in [6, 6.07) is 9.98. The minimum absolute atomic E-state index is 0.558. The molecule has 0 saturated heterocycles. The number of benzene rings is 2. The highest BCUT2D eigenvalue weighted by molar-refractivity contribution is 7.81. The van der Waals surface area contributed by atoms with Crippen molar-refractivity contribution in [3.8, 4) is 23.0 Å². The van der Waals surface area contributed by atoms with Crippen LogP contribution in [0.4, 0.5) is 0 Å². The molecule has 0 aliphatic rings. The molecular formula is C21H24O4S. The first-order chi connectivity index (χ1) is 12.6. The largest absolute Gasteiger partial charge is 0.493 e. The van der Waals surface area contributed by atoms with Crippen LogP contribution in [0.2, 0.25) is 0 Å². The van der Waals surface area contributed by atoms with Crippen LogP contribution in [0.3, 0.4) is 0 Å². The summed E-state index contributed by atoms with van der Waals surface area (Å²) in [7, 11) is 6.33. The van der Waals surface area contributed by atoms with Crippen LogP contribution in [0.1, 0.15) is 23.6 Å². The van der Waals surface area contributed by atoms with Gasteiger partial charge in [0.05, 0.1) is 34.0 Å². The van der Waals surface area contributed by atoms with Gasteiger partial charge in [-0.2, -0.15) is 0 Å². The first-order valence-electron chi connectivity index (χ1n) is 8.27. The van der Waals surface area contributed by atoms with Gasteiger partial charge in [-0.3, -0.25) is 0 Å². The zero-order valence-corrected chi connectivity index (χ0v) is 16.6. The highest BCUT2D eigenvalue weighted by Gasteiger charge is 2.19. The first-order valence-corrected chi connectivity index (χ1v) is 8.68. The molecule has 0 aliphatic carbocycles. The third-order valence-electron chi connectivity index (χ3n) is 4.10. The number of hydrogen-bond donors (Lipinski definition) is 0. The fraction of sp³-hybridized carbons (Fsp3) is 0.286. The fourth-order valence-electron chi connectivity index (χ4n) is 2.65. The van der Waals surface area contributed by atoms with Crippen molar-refractivity contribution in [2.45, 2.75) is 13.3 Å². The molecule has 4 nitrogen and oxygen atoms in total. The van der Waals surface area contributed by atoms with E-state index in [0.717, 1.165) is 16.8 Å². The summed E-state index contributed by atoms with van der Waals surface area (Å²) < 4.78 is 21.9. The number of methoxy groups -OCH3 is 4. The standard InChI is InChI=1S/C21H24O4S/c1-6-14-7-9-15(10-8-14)19(26)12-11-16-20(24-4)17(22-2)13-18(23-3)21(16)25-5/h7-13H,6H2,1-5H3. The molecular weight excluding hydrogens is 348 g/mol. The maximum absolute atomic E-state index is 5.55. The lowest BCUT2D eigenvalue weighted by Gasteiger charge is -2.17. The highest BCUT2D eigenvalue weighted by atomic mass is 32.1. The molecule has 0 heterocycles. The Morgan fingerprint density at radius 3 is 1.85 bits per heavy atom. The molecule has 26 heavy (non-hydrogen) atoms. The van der Waals surface area contributed by atoms with E-state index in [-0.39, 0.29) is 0 Å². The molecule has 0 saturated carbocycles. The van der Waals surface area contributed by atoms with E-state index in [4.69, 9.17) is 31.2 Å². The normalized spacial score (nSPS) is 10.7. The summed E-state index contributed by atoms with van der Waals surface area (Å²) in [6.07, 6.45) is 4.72. The molecule has 0 bridgehead atoms. The summed E-state index contributed by atoms with van der Waals surface area (Å²) >= 11 is 5.55. The van der Waals surface area contributed by atoms with Gasteiger partial charge < -0.3 is 18.9 Å². The maximum atomic E-state index is 5.55. The molecule has 2 aromatic carbocycles. The second kappa shape index (κ2) is 9.25. The molecule has 0 N–H and O–H groups in total. The summed E-state index contributed by atoms with van der Waals surface area (Å²) in [5.74, 6) is 2.24. The van der Waals surface area contributed by atoms with Crippen molar-refractivity contribution in [3.63, 3.8) is 0 Å². The number of thiocarbonyl (C=S) groups is 1. The molecule has 0 atom stereocenters. The molecule has 2 aromatic rings. The Morgan fingerprint density at radius 2 is 1.42 bits per heavy atom. The van der Waals surface area contributed by atoms with Gasteiger partial charge in [0.15, 0.2) is 23.0 Å². The van der Waals surface area contributed by atoms with Gasteiger partial charge in [-0.1, -0.05) is 43.4 Å². The molecule has 0 radical (unpaired) electrons. The molecule has 0 unspecified atom stereocenters. The van der Waals surface area contributed by atoms with Crippen LogP contribution in [0.15, 0.2) is 36.4 Å². The Kier molecular flexibility index (Phi) is 7.04. The zero-order chi connectivity index (χ0) is 19.1. The Bertz CT molecular complexity index is 764. The molecule has 0 aliphatic heterocycles. The summed E-state index contributed by atoms with van der Waals surface area (Å²) in [6.45, 7) is 2.13. The average Bonchev–Trinajstić information content (AvgIpc) is 2.70. The lowest BCUT2D eigenvalue weighted by Crippen LogP contribution is -2.00. The van der Waals surface area contributed by atoms with Crippen molar-refractivity contribution in [3.05, 3.63) is 53.1 Å². The van der Waals surface area contributed by atoms with E-state index < -0.39 is 0 Å². The van der Waals surface area contributed by atoms with E-state index in [2.05, 4.69) is 19.1 Å². The number of allylic oxidation sites excluding steroid dienone is 1. The molecule has 0 amide bonds. The minimum Gasteiger partial charge on any atom is -0.493 e. The van der Waals surface area contributed by atoms with Crippen molar-refractivity contribution < 1.29 is 18.9 Å². The van der Waals surface area contributed by atoms with Gasteiger partial charge in [-0.05, 0) is 29.7 Å². The van der Waals surface area contributed by atoms with Crippen molar-refractivity contribution in [1.82, 2.24) is 0 Å². The Labute approximate surface area is 160 Å². The van der Waals surface area contributed by atoms with Gasteiger partial charge in [0, 0.05) is 10.9 Å². The topological polar surface area (TPSA) is 36.9 Å². The van der Waals surface area contributed by atoms with E-state index in [0.29, 0.717) is 28.6 Å². The van der Waals surface area contributed by atoms with Gasteiger partial charge >= 0.3 is 0 Å². The van der Waals surface area contributed by atoms with Crippen molar-refractivity contribution in [1.29, 1.82) is 0 Å². The first kappa shape index (κ1) is 19.8. The number of rotatable bonds is 8. The van der Waals surface area contributed by atoms with Crippen molar-refractivity contribution >= 4 is 23.2 Å². The predicted octanol–water partition coefficient (Wildman–Crippen LogP) is 4.71. The monoisotopic (exact) mass is 372 g/mol. The summed E-state index contributed by atoms with van der Waals surface area (Å²) in [5.41, 5.74) is 2.97. The Balaban J connectivity index is 2.45. The van der Waals surface area contributed by atoms with Crippen molar-refractivity contribution in [2.75, 3.05) is 28.4 Å². The molecule has 138 valence electrons. The van der Waals surface area contributed by atoms with E-state index in [1.165, 1.54) is 5.56 Å². The average molecular weight is 372 g/mol. The van der Waals surface area contributed by atoms with Gasteiger partial charge in [-0.25, -0.2) is 0 Å². The van der Waals surface area contributed by atoms with Crippen molar-refractivity contribution in [2.24, 2.45) is 0 Å². The van der Waals surface area contributed by atoms with E-state index in [9.17, 15) is 0 Å². The van der Waals surface area contributed by atoms with Gasteiger partial charge in [0.1, 0.15) is 0 Å². The lowest BCUT2D eigenvalue weighted by atomic mass is 10.1. The predicted molar refractivity (Wildman–Crippen MR) is 109 cm³/mol. The van der Waals surface area contributed by atoms with Crippen LogP contribution in [0.25, 0.3) is 6.08 Å². The van der Waals surface area contributed by atoms with Crippen LogP contribution >= 0.6 is 12.2 Å². The van der Waals surface area contributed by atoms with E-state index in [1.807, 2.05) is 24.3 Å². The number of hydrogen-bond acceptors (Lipinski definition) is 5. The Hall–Kier alpha value is -2.53. The fourth-order valence-corrected chi connectivity index (χ4v) is 2.86. The second-order valence-electron chi connectivity index (χ2n) is 5.51. The zero-order valence-electron chi connectivity index (χ0n) is 15.8. The van der Waals surface area contributed by atoms with Crippen LogP contribution in [-0.4, -0.2) is 33.3 Å². The number of ether oxygens (including phenoxy) is 4. The van der Waals surface area contributed by atoms with Crippen LogP contribution in [-0.2, 0) is 6.42 Å². The minimum atomic E-state index is 0.558. The second-order valence-corrected chi connectivity index (χ2v) is 5.95. The van der Waals surface area contributed by atoms with E-state index in [1.54, 1.807) is 34.5 Å². The highest BCUT2D eigenvalue weighted by Crippen LogP contribution is 2.45. The maximum Gasteiger partial charge on any atom is 0.171 e. The van der Waals surface area contributed by atoms with E-state index >= 15 is 0 Å². The molecule has 5 heteroatoms. The Morgan fingerprint density at radius 1 is 0.885 bits per heavy atom. The molecule has 2 rings (SSSR count). The lowest BCUT2D eigenvalue weighted by molar-refractivity contribution is 0.328. The third kappa shape index (κ3) is 4.17. The van der Waals surface area contributed by atoms with Crippen LogP contribution in [0.5, 0.6) is 23.0 Å². The molecule has 0 aromatic heterocycles. The third-order valence-corrected chi connectivity index (χ3v) is 4.47. The summed E-state index contributed by atoms with van der Waals surface area (Å²) in [4.78, 5) is 0.721. The van der Waals surface area contributed by atoms with Gasteiger partial charge in [0.2, 0.25) is 0 Å². The smallest absolute Gasteiger partial charge is 0.171 e. The molecule has 0 spiro atoms. The molecule has 0 fully saturated rings. The van der Waals surface area contributed by atoms with Crippen LogP contribution < -0.4 is 18.9 Å². The van der Waals surface area contributed by atoms with Gasteiger partial charge in [-0.15, -0.1) is 0 Å². The number of aryl methyl sites for hydroxylation is 1. The SMILES string of the molecule is CCc1ccc(C(=S)C=Cc2c(OC)c(OC)cc(OC)c2OC)cc1. The van der Waals surface area contributed by atoms with Gasteiger partial charge in [0.25, 0.3) is 0 Å². The van der Waals surface area contributed by atoms with Crippen LogP contribution in [0, 0.1) is 0 Å². The quantitative estimate of drug-likeness (QED) is 0.381. The summed E-state index contributed by atoms with van der Waals surface area (Å²) in [5, 5.41) is 0.